The van der Waals surface area contributed by atoms with Gasteiger partial charge in [-0.3, -0.25) is 9.80 Å². The summed E-state index contributed by atoms with van der Waals surface area (Å²) in [4.78, 5) is 43.8. The maximum Gasteiger partial charge on any atom is 0.411 e. The van der Waals surface area contributed by atoms with Crippen LogP contribution < -0.4 is 0 Å². The maximum absolute atomic E-state index is 14.4. The molecule has 2 N–H and O–H groups in total. The third kappa shape index (κ3) is 7.37. The van der Waals surface area contributed by atoms with Crippen molar-refractivity contribution < 1.29 is 27.8 Å². The fourth-order valence-corrected chi connectivity index (χ4v) is 6.12. The molecular weight excluding hydrogens is 618 g/mol. The Balaban J connectivity index is 1.12. The highest BCUT2D eigenvalue weighted by Crippen LogP contribution is 2.36. The molecular formula is C36H42F2N6O4. The van der Waals surface area contributed by atoms with Gasteiger partial charge >= 0.3 is 12.2 Å². The summed E-state index contributed by atoms with van der Waals surface area (Å²) in [5.74, 6) is 1.04. The number of amides is 2. The van der Waals surface area contributed by atoms with Crippen LogP contribution in [0, 0.1) is 0 Å². The molecule has 4 heterocycles. The molecule has 0 aliphatic carbocycles. The van der Waals surface area contributed by atoms with Crippen molar-refractivity contribution in [1.29, 1.82) is 0 Å². The van der Waals surface area contributed by atoms with E-state index in [0.29, 0.717) is 11.6 Å². The van der Waals surface area contributed by atoms with E-state index < -0.39 is 47.8 Å². The number of rotatable bonds is 5. The summed E-state index contributed by atoms with van der Waals surface area (Å²) in [5.41, 5.74) is 3.99. The average molecular weight is 661 g/mol. The van der Waals surface area contributed by atoms with E-state index >= 15 is 0 Å². The molecule has 2 aromatic carbocycles. The van der Waals surface area contributed by atoms with E-state index in [-0.39, 0.29) is 25.9 Å². The molecule has 1 unspecified atom stereocenters. The second kappa shape index (κ2) is 12.7. The van der Waals surface area contributed by atoms with Gasteiger partial charge in [0.25, 0.3) is 0 Å². The predicted molar refractivity (Wildman–Crippen MR) is 177 cm³/mol. The first-order valence-electron chi connectivity index (χ1n) is 16.2. The minimum Gasteiger partial charge on any atom is -0.444 e. The first-order valence-corrected chi connectivity index (χ1v) is 16.2. The number of H-pyrrole nitrogens is 2. The molecule has 48 heavy (non-hydrogen) atoms. The van der Waals surface area contributed by atoms with Crippen molar-refractivity contribution in [3.05, 3.63) is 72.6 Å². The van der Waals surface area contributed by atoms with Crippen molar-refractivity contribution in [2.24, 2.45) is 0 Å². The molecule has 2 amide bonds. The summed E-state index contributed by atoms with van der Waals surface area (Å²) in [7, 11) is 0. The standard InChI is InChI=1S/C36H42F2N6O4/c1-35(2,3)47-33(45)43-19-25(37)15-29(43)31-39-17-27(41-31)23-11-7-21(8-12-23)22-9-13-24(14-10-22)28-18-40-32(42-28)30-16-26(38)20-44(30)34(46)48-36(4,5)6/h7-14,17-18,25-26,29-30H,15-16,19-20H2,1-6H3,(H,39,41)(H,40,42)/t25-,26?,29-,30-/m0/s1. The summed E-state index contributed by atoms with van der Waals surface area (Å²) in [6, 6.07) is 14.9. The number of hydrogen-bond acceptors (Lipinski definition) is 6. The van der Waals surface area contributed by atoms with Crippen LogP contribution in [0.25, 0.3) is 33.6 Å². The van der Waals surface area contributed by atoms with E-state index in [0.717, 1.165) is 33.6 Å². The predicted octanol–water partition coefficient (Wildman–Crippen LogP) is 8.17. The number of aromatic nitrogens is 4. The zero-order valence-electron chi connectivity index (χ0n) is 28.1. The third-order valence-corrected chi connectivity index (χ3v) is 8.30. The number of halogens is 2. The molecule has 2 saturated heterocycles. The monoisotopic (exact) mass is 660 g/mol. The first kappa shape index (κ1) is 33.2. The van der Waals surface area contributed by atoms with Crippen molar-refractivity contribution in [3.8, 4) is 33.6 Å². The smallest absolute Gasteiger partial charge is 0.411 e. The lowest BCUT2D eigenvalue weighted by molar-refractivity contribution is 0.0201. The number of aromatic amines is 2. The molecule has 6 rings (SSSR count). The SMILES string of the molecule is CC(C)(C)OC(=O)N1CC(F)C[C@H]1c1ncc(-c2ccc(-c3ccc(-c4cnc([C@@H]5C[C@H](F)CN5C(=O)OC(C)(C)C)[nH]4)cc3)cc2)[nH]1. The average Bonchev–Trinajstić information content (AvgIpc) is 3.81. The molecule has 0 saturated carbocycles. The molecule has 2 fully saturated rings. The Bertz CT molecular complexity index is 1630. The molecule has 0 spiro atoms. The lowest BCUT2D eigenvalue weighted by Crippen LogP contribution is -2.37. The molecule has 4 atom stereocenters. The van der Waals surface area contributed by atoms with E-state index in [2.05, 4.69) is 19.9 Å². The van der Waals surface area contributed by atoms with Crippen molar-refractivity contribution in [2.75, 3.05) is 13.1 Å². The van der Waals surface area contributed by atoms with Gasteiger partial charge in [0.15, 0.2) is 0 Å². The summed E-state index contributed by atoms with van der Waals surface area (Å²) in [5, 5.41) is 0. The lowest BCUT2D eigenvalue weighted by Gasteiger charge is -2.27. The number of ether oxygens (including phenoxy) is 2. The molecule has 4 aromatic rings. The number of nitrogens with zero attached hydrogens (tertiary/aromatic N) is 4. The van der Waals surface area contributed by atoms with E-state index in [1.807, 2.05) is 48.5 Å². The number of likely N-dealkylation sites (tertiary alicyclic amines) is 2. The lowest BCUT2D eigenvalue weighted by atomic mass is 10.0. The number of imidazole rings is 2. The van der Waals surface area contributed by atoms with Crippen molar-refractivity contribution in [3.63, 3.8) is 0 Å². The van der Waals surface area contributed by atoms with Gasteiger partial charge in [-0.05, 0) is 63.8 Å². The molecule has 254 valence electrons. The number of carbonyl (C=O) groups is 2. The Morgan fingerprint density at radius 2 is 0.979 bits per heavy atom. The minimum atomic E-state index is -1.15. The molecule has 12 heteroatoms. The second-order valence-electron chi connectivity index (χ2n) is 14.5. The molecule has 2 aromatic heterocycles. The van der Waals surface area contributed by atoms with Crippen LogP contribution in [0.3, 0.4) is 0 Å². The Morgan fingerprint density at radius 1 is 0.646 bits per heavy atom. The summed E-state index contributed by atoms with van der Waals surface area (Å²) in [6.07, 6.45) is 0.302. The molecule has 2 aliphatic rings. The zero-order chi connectivity index (χ0) is 34.4. The molecule has 0 radical (unpaired) electrons. The van der Waals surface area contributed by atoms with Crippen molar-refractivity contribution >= 4 is 12.2 Å². The summed E-state index contributed by atoms with van der Waals surface area (Å²) >= 11 is 0. The number of benzene rings is 2. The Labute approximate surface area is 278 Å². The van der Waals surface area contributed by atoms with Gasteiger partial charge in [-0.2, -0.15) is 0 Å². The van der Waals surface area contributed by atoms with Gasteiger partial charge in [-0.25, -0.2) is 28.3 Å². The highest BCUT2D eigenvalue weighted by Gasteiger charge is 2.41. The second-order valence-corrected chi connectivity index (χ2v) is 14.5. The van der Waals surface area contributed by atoms with Crippen LogP contribution in [-0.4, -0.2) is 78.6 Å². The zero-order valence-corrected chi connectivity index (χ0v) is 28.1. The van der Waals surface area contributed by atoms with Crippen LogP contribution in [0.1, 0.15) is 78.1 Å². The van der Waals surface area contributed by atoms with E-state index in [9.17, 15) is 18.4 Å². The third-order valence-electron chi connectivity index (χ3n) is 8.30. The fraction of sp³-hybridized carbons (Fsp3) is 0.444. The highest BCUT2D eigenvalue weighted by molar-refractivity contribution is 5.72. The quantitative estimate of drug-likeness (QED) is 0.223. The Hall–Kier alpha value is -4.74. The van der Waals surface area contributed by atoms with Gasteiger partial charge in [0.2, 0.25) is 0 Å². The summed E-state index contributed by atoms with van der Waals surface area (Å²) < 4.78 is 39.8. The van der Waals surface area contributed by atoms with Crippen LogP contribution in [0.2, 0.25) is 0 Å². The van der Waals surface area contributed by atoms with Gasteiger partial charge in [-0.1, -0.05) is 48.5 Å². The van der Waals surface area contributed by atoms with Crippen LogP contribution in [-0.2, 0) is 9.47 Å². The van der Waals surface area contributed by atoms with Crippen LogP contribution in [0.15, 0.2) is 60.9 Å². The van der Waals surface area contributed by atoms with Gasteiger partial charge in [0.1, 0.15) is 35.2 Å². The first-order chi connectivity index (χ1) is 22.6. The molecule has 2 aliphatic heterocycles. The van der Waals surface area contributed by atoms with E-state index in [1.54, 1.807) is 53.9 Å². The number of carbonyl (C=O) groups excluding carboxylic acids is 2. The minimum absolute atomic E-state index is 0.0303. The topological polar surface area (TPSA) is 116 Å². The summed E-state index contributed by atoms with van der Waals surface area (Å²) in [6.45, 7) is 10.6. The maximum atomic E-state index is 14.4. The van der Waals surface area contributed by atoms with Crippen LogP contribution in [0.5, 0.6) is 0 Å². The van der Waals surface area contributed by atoms with Gasteiger partial charge in [0.05, 0.1) is 49.0 Å². The highest BCUT2D eigenvalue weighted by atomic mass is 19.1. The van der Waals surface area contributed by atoms with Gasteiger partial charge in [-0.15, -0.1) is 0 Å². The van der Waals surface area contributed by atoms with E-state index in [4.69, 9.17) is 9.47 Å². The molecule has 10 nitrogen and oxygen atoms in total. The normalized spacial score (nSPS) is 21.5. The van der Waals surface area contributed by atoms with E-state index in [1.165, 1.54) is 9.80 Å². The van der Waals surface area contributed by atoms with Crippen LogP contribution in [0.4, 0.5) is 18.4 Å². The van der Waals surface area contributed by atoms with Gasteiger partial charge in [0, 0.05) is 12.8 Å². The largest absolute Gasteiger partial charge is 0.444 e. The fourth-order valence-electron chi connectivity index (χ4n) is 6.12. The van der Waals surface area contributed by atoms with Gasteiger partial charge < -0.3 is 19.4 Å². The number of nitrogens with one attached hydrogen (secondary N) is 2. The number of alkyl halides is 2. The van der Waals surface area contributed by atoms with Crippen molar-refractivity contribution in [2.45, 2.75) is 90.0 Å². The van der Waals surface area contributed by atoms with Crippen LogP contribution >= 0.6 is 0 Å². The Kier molecular flexibility index (Phi) is 8.78. The number of hydrogen-bond donors (Lipinski definition) is 2. The molecule has 0 bridgehead atoms. The van der Waals surface area contributed by atoms with Crippen molar-refractivity contribution in [1.82, 2.24) is 29.7 Å². The Morgan fingerprint density at radius 3 is 1.31 bits per heavy atom.